The van der Waals surface area contributed by atoms with Gasteiger partial charge >= 0.3 is 0 Å². The highest BCUT2D eigenvalue weighted by Gasteiger charge is 2.25. The Hall–Kier alpha value is -1.84. The highest BCUT2D eigenvalue weighted by atomic mass is 15.3. The first-order valence-corrected chi connectivity index (χ1v) is 9.55. The number of para-hydroxylation sites is 2. The molecular weight excluding hydrogens is 306 g/mol. The molecule has 1 aliphatic rings. The molecule has 0 spiro atoms. The molecule has 1 saturated heterocycles. The first kappa shape index (κ1) is 16.6. The van der Waals surface area contributed by atoms with Crippen LogP contribution in [0.25, 0.3) is 21.8 Å². The fourth-order valence-electron chi connectivity index (χ4n) is 4.39. The van der Waals surface area contributed by atoms with Gasteiger partial charge in [-0.2, -0.15) is 0 Å². The van der Waals surface area contributed by atoms with Crippen molar-refractivity contribution in [3.8, 4) is 0 Å². The number of aromatic nitrogens is 1. The van der Waals surface area contributed by atoms with Crippen molar-refractivity contribution in [2.75, 3.05) is 26.7 Å². The van der Waals surface area contributed by atoms with Gasteiger partial charge in [-0.3, -0.25) is 4.90 Å². The third kappa shape index (κ3) is 3.07. The summed E-state index contributed by atoms with van der Waals surface area (Å²) in [6.45, 7) is 9.33. The molecule has 3 heteroatoms. The van der Waals surface area contributed by atoms with Crippen LogP contribution in [0.1, 0.15) is 20.3 Å². The first-order valence-electron chi connectivity index (χ1n) is 9.55. The Labute approximate surface area is 150 Å². The van der Waals surface area contributed by atoms with Gasteiger partial charge in [0.25, 0.3) is 0 Å². The van der Waals surface area contributed by atoms with Crippen molar-refractivity contribution < 1.29 is 0 Å². The third-order valence-corrected chi connectivity index (χ3v) is 5.97. The van der Waals surface area contributed by atoms with Crippen molar-refractivity contribution in [3.05, 3.63) is 48.5 Å². The summed E-state index contributed by atoms with van der Waals surface area (Å²) in [4.78, 5) is 5.15. The van der Waals surface area contributed by atoms with Crippen molar-refractivity contribution in [3.63, 3.8) is 0 Å². The Bertz CT molecular complexity index is 801. The maximum atomic E-state index is 2.64. The molecule has 3 nitrogen and oxygen atoms in total. The van der Waals surface area contributed by atoms with E-state index in [1.54, 1.807) is 0 Å². The number of fused-ring (bicyclic) bond motifs is 3. The van der Waals surface area contributed by atoms with Crippen molar-refractivity contribution in [2.24, 2.45) is 0 Å². The predicted molar refractivity (Wildman–Crippen MR) is 107 cm³/mol. The zero-order chi connectivity index (χ0) is 17.4. The zero-order valence-electron chi connectivity index (χ0n) is 15.7. The third-order valence-electron chi connectivity index (χ3n) is 5.97. The van der Waals surface area contributed by atoms with E-state index in [4.69, 9.17) is 0 Å². The number of piperazine rings is 1. The lowest BCUT2D eigenvalue weighted by Gasteiger charge is -2.42. The molecule has 1 fully saturated rings. The van der Waals surface area contributed by atoms with Crippen LogP contribution in [0, 0.1) is 0 Å². The largest absolute Gasteiger partial charge is 0.340 e. The van der Waals surface area contributed by atoms with E-state index in [0.29, 0.717) is 12.1 Å². The minimum atomic E-state index is 0.650. The van der Waals surface area contributed by atoms with Crippen LogP contribution in [-0.4, -0.2) is 53.1 Å². The van der Waals surface area contributed by atoms with E-state index in [2.05, 4.69) is 83.8 Å². The molecule has 2 aromatic carbocycles. The Balaban J connectivity index is 1.51. The van der Waals surface area contributed by atoms with E-state index in [0.717, 1.165) is 6.54 Å². The van der Waals surface area contributed by atoms with Crippen molar-refractivity contribution in [1.82, 2.24) is 14.4 Å². The average Bonchev–Trinajstić information content (AvgIpc) is 2.94. The number of hydrogen-bond acceptors (Lipinski definition) is 2. The minimum absolute atomic E-state index is 0.650. The molecule has 0 amide bonds. The van der Waals surface area contributed by atoms with Gasteiger partial charge in [-0.1, -0.05) is 36.4 Å². The average molecular weight is 335 g/mol. The van der Waals surface area contributed by atoms with Crippen LogP contribution in [0.2, 0.25) is 0 Å². The summed E-state index contributed by atoms with van der Waals surface area (Å²) in [7, 11) is 2.25. The highest BCUT2D eigenvalue weighted by Crippen LogP contribution is 2.28. The van der Waals surface area contributed by atoms with Crippen molar-refractivity contribution in [1.29, 1.82) is 0 Å². The Morgan fingerprint density at radius 2 is 1.32 bits per heavy atom. The van der Waals surface area contributed by atoms with Gasteiger partial charge in [-0.05, 0) is 46.0 Å². The van der Waals surface area contributed by atoms with E-state index in [9.17, 15) is 0 Å². The molecule has 1 aromatic heterocycles. The Kier molecular flexibility index (Phi) is 4.53. The van der Waals surface area contributed by atoms with Gasteiger partial charge in [0.15, 0.2) is 0 Å². The fraction of sp³-hybridized carbons (Fsp3) is 0.455. The van der Waals surface area contributed by atoms with Gasteiger partial charge in [0, 0.05) is 53.5 Å². The minimum Gasteiger partial charge on any atom is -0.340 e. The molecule has 0 saturated carbocycles. The van der Waals surface area contributed by atoms with E-state index in [-0.39, 0.29) is 0 Å². The highest BCUT2D eigenvalue weighted by molar-refractivity contribution is 6.07. The summed E-state index contributed by atoms with van der Waals surface area (Å²) >= 11 is 0. The molecule has 0 radical (unpaired) electrons. The second-order valence-electron chi connectivity index (χ2n) is 7.66. The number of aryl methyl sites for hydroxylation is 1. The normalized spacial score (nSPS) is 22.8. The van der Waals surface area contributed by atoms with Crippen LogP contribution in [0.15, 0.2) is 48.5 Å². The van der Waals surface area contributed by atoms with Gasteiger partial charge in [0.1, 0.15) is 0 Å². The van der Waals surface area contributed by atoms with E-state index < -0.39 is 0 Å². The SMILES string of the molecule is C[C@H]1CN(CCCn2c3ccccc3c3ccccc32)C[C@H](C)N1C. The predicted octanol–water partition coefficient (Wildman–Crippen LogP) is 4.21. The fourth-order valence-corrected chi connectivity index (χ4v) is 4.39. The van der Waals surface area contributed by atoms with Crippen LogP contribution in [0.4, 0.5) is 0 Å². The van der Waals surface area contributed by atoms with Crippen LogP contribution in [0.3, 0.4) is 0 Å². The standard InChI is InChI=1S/C22H29N3/c1-17-15-24(16-18(2)23(17)3)13-8-14-25-21-11-6-4-9-19(21)20-10-5-7-12-22(20)25/h4-7,9-12,17-18H,8,13-16H2,1-3H3/t17-,18-/m0/s1. The maximum absolute atomic E-state index is 2.64. The summed E-state index contributed by atoms with van der Waals surface area (Å²) < 4.78 is 2.51. The lowest BCUT2D eigenvalue weighted by Crippen LogP contribution is -2.55. The quantitative estimate of drug-likeness (QED) is 0.707. The summed E-state index contributed by atoms with van der Waals surface area (Å²) in [6, 6.07) is 18.9. The molecule has 2 atom stereocenters. The Morgan fingerprint density at radius 3 is 1.88 bits per heavy atom. The van der Waals surface area contributed by atoms with Crippen LogP contribution in [-0.2, 0) is 6.54 Å². The molecule has 2 heterocycles. The van der Waals surface area contributed by atoms with Gasteiger partial charge in [-0.15, -0.1) is 0 Å². The van der Waals surface area contributed by atoms with Crippen LogP contribution >= 0.6 is 0 Å². The second kappa shape index (κ2) is 6.81. The number of rotatable bonds is 4. The van der Waals surface area contributed by atoms with Crippen LogP contribution in [0.5, 0.6) is 0 Å². The lowest BCUT2D eigenvalue weighted by molar-refractivity contribution is 0.0589. The summed E-state index contributed by atoms with van der Waals surface area (Å²) in [5.74, 6) is 0. The van der Waals surface area contributed by atoms with E-state index >= 15 is 0 Å². The number of benzene rings is 2. The topological polar surface area (TPSA) is 11.4 Å². The molecular formula is C22H29N3. The van der Waals surface area contributed by atoms with E-state index in [1.807, 2.05) is 0 Å². The van der Waals surface area contributed by atoms with Gasteiger partial charge in [0.05, 0.1) is 0 Å². The molecule has 25 heavy (non-hydrogen) atoms. The van der Waals surface area contributed by atoms with E-state index in [1.165, 1.54) is 47.9 Å². The monoisotopic (exact) mass is 335 g/mol. The van der Waals surface area contributed by atoms with Gasteiger partial charge in [0.2, 0.25) is 0 Å². The molecule has 0 unspecified atom stereocenters. The summed E-state index contributed by atoms with van der Waals surface area (Å²) in [5, 5.41) is 2.75. The molecule has 0 N–H and O–H groups in total. The Morgan fingerprint density at radius 1 is 0.800 bits per heavy atom. The molecule has 3 aromatic rings. The summed E-state index contributed by atoms with van der Waals surface area (Å²) in [6.07, 6.45) is 1.20. The summed E-state index contributed by atoms with van der Waals surface area (Å²) in [5.41, 5.74) is 2.73. The first-order chi connectivity index (χ1) is 12.1. The maximum Gasteiger partial charge on any atom is 0.0491 e. The van der Waals surface area contributed by atoms with Gasteiger partial charge in [-0.25, -0.2) is 0 Å². The van der Waals surface area contributed by atoms with Gasteiger partial charge < -0.3 is 9.47 Å². The number of likely N-dealkylation sites (N-methyl/N-ethyl adjacent to an activating group) is 1. The molecule has 0 aliphatic carbocycles. The molecule has 4 rings (SSSR count). The second-order valence-corrected chi connectivity index (χ2v) is 7.66. The molecule has 0 bridgehead atoms. The molecule has 1 aliphatic heterocycles. The lowest BCUT2D eigenvalue weighted by atomic mass is 10.1. The molecule has 132 valence electrons. The smallest absolute Gasteiger partial charge is 0.0491 e. The van der Waals surface area contributed by atoms with Crippen LogP contribution < -0.4 is 0 Å². The number of nitrogens with zero attached hydrogens (tertiary/aromatic N) is 3. The number of hydrogen-bond donors (Lipinski definition) is 0. The van der Waals surface area contributed by atoms with Crippen molar-refractivity contribution in [2.45, 2.75) is 38.9 Å². The van der Waals surface area contributed by atoms with Crippen molar-refractivity contribution >= 4 is 21.8 Å². The zero-order valence-corrected chi connectivity index (χ0v) is 15.7.